The average molecular weight is 467 g/mol. The molecule has 3 aromatic rings. The van der Waals surface area contributed by atoms with Crippen LogP contribution in [0.3, 0.4) is 0 Å². The van der Waals surface area contributed by atoms with Crippen LogP contribution in [0, 0.1) is 11.3 Å². The smallest absolute Gasteiger partial charge is 0.223 e. The molecule has 1 aliphatic heterocycles. The molecule has 5 rings (SSSR count). The first-order valence-electron chi connectivity index (χ1n) is 12.4. The lowest BCUT2D eigenvalue weighted by molar-refractivity contribution is -0.127. The Hall–Kier alpha value is -3.72. The fourth-order valence-electron chi connectivity index (χ4n) is 5.57. The number of ether oxygens (including phenoxy) is 1. The van der Waals surface area contributed by atoms with E-state index in [-0.39, 0.29) is 17.4 Å². The highest BCUT2D eigenvalue weighted by Crippen LogP contribution is 2.48. The number of amides is 1. The standard InChI is InChI=1S/C29H30N4O2/c1-4-12-33-18-29(14-28(33)34)11-10-22-23(6-5-7-24(22)29)26-17-31-25(16-32-26)20-8-9-27(35-19(2)3)21(13-20)15-30/h5-9,13,16-17,19H,4,10-12,14,18H2,1-3H3. The molecule has 1 amide bonds. The third-order valence-electron chi connectivity index (χ3n) is 7.12. The molecule has 6 nitrogen and oxygen atoms in total. The maximum absolute atomic E-state index is 12.7. The molecule has 1 atom stereocenters. The van der Waals surface area contributed by atoms with Crippen LogP contribution in [0.5, 0.6) is 5.75 Å². The predicted octanol–water partition coefficient (Wildman–Crippen LogP) is 5.30. The maximum atomic E-state index is 12.7. The van der Waals surface area contributed by atoms with E-state index in [1.807, 2.05) is 37.1 Å². The summed E-state index contributed by atoms with van der Waals surface area (Å²) in [5.74, 6) is 0.850. The van der Waals surface area contributed by atoms with Gasteiger partial charge in [0.1, 0.15) is 11.8 Å². The van der Waals surface area contributed by atoms with E-state index >= 15 is 0 Å². The zero-order valence-electron chi connectivity index (χ0n) is 20.5. The van der Waals surface area contributed by atoms with Gasteiger partial charge in [-0.25, -0.2) is 0 Å². The molecule has 1 aromatic heterocycles. The van der Waals surface area contributed by atoms with Gasteiger partial charge < -0.3 is 9.64 Å². The first kappa shape index (κ1) is 23.0. The first-order chi connectivity index (χ1) is 16.9. The van der Waals surface area contributed by atoms with Crippen molar-refractivity contribution in [1.82, 2.24) is 14.9 Å². The summed E-state index contributed by atoms with van der Waals surface area (Å²) in [6.07, 6.45) is 7.11. The van der Waals surface area contributed by atoms with Gasteiger partial charge in [-0.1, -0.05) is 25.1 Å². The van der Waals surface area contributed by atoms with Crippen LogP contribution < -0.4 is 4.74 Å². The van der Waals surface area contributed by atoms with Gasteiger partial charge in [-0.2, -0.15) is 5.26 Å². The number of hydrogen-bond acceptors (Lipinski definition) is 5. The number of fused-ring (bicyclic) bond motifs is 2. The fourth-order valence-corrected chi connectivity index (χ4v) is 5.57. The van der Waals surface area contributed by atoms with Crippen LogP contribution in [0.4, 0.5) is 0 Å². The van der Waals surface area contributed by atoms with Crippen LogP contribution in [-0.2, 0) is 16.6 Å². The Balaban J connectivity index is 1.43. The van der Waals surface area contributed by atoms with Crippen LogP contribution in [0.1, 0.15) is 56.7 Å². The Bertz CT molecular complexity index is 1310. The monoisotopic (exact) mass is 466 g/mol. The van der Waals surface area contributed by atoms with Crippen molar-refractivity contribution in [3.05, 3.63) is 65.5 Å². The van der Waals surface area contributed by atoms with Gasteiger partial charge in [-0.3, -0.25) is 14.8 Å². The predicted molar refractivity (Wildman–Crippen MR) is 135 cm³/mol. The zero-order valence-corrected chi connectivity index (χ0v) is 20.5. The number of hydrogen-bond donors (Lipinski definition) is 0. The van der Waals surface area contributed by atoms with Gasteiger partial charge in [0.2, 0.25) is 5.91 Å². The molecule has 0 N–H and O–H groups in total. The van der Waals surface area contributed by atoms with E-state index in [0.29, 0.717) is 23.4 Å². The Labute approximate surface area is 206 Å². The van der Waals surface area contributed by atoms with Gasteiger partial charge in [0.25, 0.3) is 0 Å². The van der Waals surface area contributed by atoms with Crippen LogP contribution in [0.25, 0.3) is 22.5 Å². The zero-order chi connectivity index (χ0) is 24.6. The van der Waals surface area contributed by atoms with E-state index in [0.717, 1.165) is 49.2 Å². The third kappa shape index (κ3) is 4.16. The normalized spacial score (nSPS) is 18.8. The number of nitrogens with zero attached hydrogens (tertiary/aromatic N) is 4. The number of likely N-dealkylation sites (tertiary alicyclic amines) is 1. The fraction of sp³-hybridized carbons (Fsp3) is 0.379. The quantitative estimate of drug-likeness (QED) is 0.493. The van der Waals surface area contributed by atoms with Crippen molar-refractivity contribution in [3.8, 4) is 34.3 Å². The van der Waals surface area contributed by atoms with E-state index in [1.54, 1.807) is 12.3 Å². The van der Waals surface area contributed by atoms with Crippen LogP contribution >= 0.6 is 0 Å². The van der Waals surface area contributed by atoms with Crippen LogP contribution in [-0.4, -0.2) is 40.0 Å². The van der Waals surface area contributed by atoms with Crippen molar-refractivity contribution >= 4 is 5.91 Å². The number of carbonyl (C=O) groups is 1. The number of nitriles is 1. The van der Waals surface area contributed by atoms with Gasteiger partial charge in [0, 0.05) is 36.1 Å². The molecule has 1 fully saturated rings. The average Bonchev–Trinajstić information content (AvgIpc) is 3.38. The second kappa shape index (κ2) is 9.14. The Morgan fingerprint density at radius 3 is 2.69 bits per heavy atom. The first-order valence-corrected chi connectivity index (χ1v) is 12.4. The molecule has 2 heterocycles. The highest BCUT2D eigenvalue weighted by molar-refractivity contribution is 5.82. The summed E-state index contributed by atoms with van der Waals surface area (Å²) in [4.78, 5) is 24.1. The lowest BCUT2D eigenvalue weighted by Crippen LogP contribution is -2.30. The van der Waals surface area contributed by atoms with Crippen molar-refractivity contribution in [2.24, 2.45) is 0 Å². The Kier molecular flexibility index (Phi) is 6.02. The van der Waals surface area contributed by atoms with Crippen molar-refractivity contribution < 1.29 is 9.53 Å². The molecule has 0 bridgehead atoms. The summed E-state index contributed by atoms with van der Waals surface area (Å²) >= 11 is 0. The molecule has 2 aromatic carbocycles. The lowest BCUT2D eigenvalue weighted by Gasteiger charge is -2.25. The minimum atomic E-state index is -0.0710. The van der Waals surface area contributed by atoms with E-state index in [2.05, 4.69) is 36.2 Å². The van der Waals surface area contributed by atoms with Crippen molar-refractivity contribution in [2.45, 2.75) is 58.0 Å². The topological polar surface area (TPSA) is 79.1 Å². The summed E-state index contributed by atoms with van der Waals surface area (Å²) in [6, 6.07) is 14.1. The summed E-state index contributed by atoms with van der Waals surface area (Å²) in [7, 11) is 0. The Morgan fingerprint density at radius 2 is 1.97 bits per heavy atom. The van der Waals surface area contributed by atoms with Gasteiger partial charge >= 0.3 is 0 Å². The molecule has 2 aliphatic rings. The molecule has 178 valence electrons. The minimum Gasteiger partial charge on any atom is -0.490 e. The summed E-state index contributed by atoms with van der Waals surface area (Å²) in [5.41, 5.74) is 6.47. The SMILES string of the molecule is CCCN1CC2(CCc3c(-c4cnc(-c5ccc(OC(C)C)c(C#N)c5)cn4)cccc32)CC1=O. The second-order valence-corrected chi connectivity index (χ2v) is 9.88. The molecule has 35 heavy (non-hydrogen) atoms. The van der Waals surface area contributed by atoms with Crippen LogP contribution in [0.15, 0.2) is 48.8 Å². The Morgan fingerprint density at radius 1 is 1.17 bits per heavy atom. The van der Waals surface area contributed by atoms with Crippen molar-refractivity contribution in [2.75, 3.05) is 13.1 Å². The second-order valence-electron chi connectivity index (χ2n) is 9.88. The minimum absolute atomic E-state index is 0.00386. The summed E-state index contributed by atoms with van der Waals surface area (Å²) in [6.45, 7) is 7.65. The van der Waals surface area contributed by atoms with Gasteiger partial charge in [-0.15, -0.1) is 0 Å². The molecule has 0 radical (unpaired) electrons. The number of carbonyl (C=O) groups excluding carboxylic acids is 1. The van der Waals surface area contributed by atoms with E-state index in [1.165, 1.54) is 11.1 Å². The van der Waals surface area contributed by atoms with E-state index in [9.17, 15) is 10.1 Å². The van der Waals surface area contributed by atoms with Gasteiger partial charge in [-0.05, 0) is 62.4 Å². The number of rotatable bonds is 6. The van der Waals surface area contributed by atoms with Gasteiger partial charge in [0.15, 0.2) is 0 Å². The summed E-state index contributed by atoms with van der Waals surface area (Å²) in [5, 5.41) is 9.55. The molecule has 6 heteroatoms. The van der Waals surface area contributed by atoms with E-state index < -0.39 is 0 Å². The molecule has 1 unspecified atom stereocenters. The molecule has 1 saturated heterocycles. The highest BCUT2D eigenvalue weighted by Gasteiger charge is 2.48. The molecular formula is C29H30N4O2. The lowest BCUT2D eigenvalue weighted by atomic mass is 9.80. The van der Waals surface area contributed by atoms with Crippen molar-refractivity contribution in [3.63, 3.8) is 0 Å². The number of aromatic nitrogens is 2. The number of benzene rings is 2. The molecule has 1 spiro atoms. The maximum Gasteiger partial charge on any atom is 0.223 e. The molecule has 0 saturated carbocycles. The molecule has 1 aliphatic carbocycles. The van der Waals surface area contributed by atoms with Gasteiger partial charge in [0.05, 0.1) is 35.4 Å². The highest BCUT2D eigenvalue weighted by atomic mass is 16.5. The summed E-state index contributed by atoms with van der Waals surface area (Å²) < 4.78 is 5.73. The van der Waals surface area contributed by atoms with E-state index in [4.69, 9.17) is 9.72 Å². The third-order valence-corrected chi connectivity index (χ3v) is 7.12. The molecular weight excluding hydrogens is 436 g/mol. The van der Waals surface area contributed by atoms with Crippen LogP contribution in [0.2, 0.25) is 0 Å². The largest absolute Gasteiger partial charge is 0.490 e. The van der Waals surface area contributed by atoms with Crippen molar-refractivity contribution in [1.29, 1.82) is 5.26 Å².